The average molecular weight is 317 g/mol. The summed E-state index contributed by atoms with van der Waals surface area (Å²) in [5.74, 6) is -0.785. The predicted molar refractivity (Wildman–Crippen MR) is 81.0 cm³/mol. The number of piperidine rings is 1. The van der Waals surface area contributed by atoms with E-state index in [0.717, 1.165) is 12.8 Å². The van der Waals surface area contributed by atoms with E-state index < -0.39 is 24.1 Å². The summed E-state index contributed by atoms with van der Waals surface area (Å²) in [5.41, 5.74) is 5.11. The molecule has 1 saturated heterocycles. The first-order valence-corrected chi connectivity index (χ1v) is 8.36. The van der Waals surface area contributed by atoms with E-state index in [2.05, 4.69) is 5.32 Å². The molecule has 7 nitrogen and oxygen atoms in total. The summed E-state index contributed by atoms with van der Waals surface area (Å²) in [5, 5.41) is 11.8. The molecule has 0 bridgehead atoms. The Kier molecular flexibility index (Phi) is 6.80. The average Bonchev–Trinajstić information content (AvgIpc) is 2.41. The lowest BCUT2D eigenvalue weighted by molar-refractivity contribution is -0.155. The summed E-state index contributed by atoms with van der Waals surface area (Å²) in [4.78, 5) is 36.4. The van der Waals surface area contributed by atoms with Crippen molar-refractivity contribution in [3.63, 3.8) is 0 Å². The molecule has 0 radical (unpaired) electrons. The molecule has 4 N–H and O–H groups in total. The first-order valence-electron chi connectivity index (χ1n) is 6.96. The number of carbonyl (C=O) groups is 3. The molecule has 1 aliphatic heterocycles. The molecule has 1 fully saturated rings. The van der Waals surface area contributed by atoms with Crippen LogP contribution in [0.25, 0.3) is 0 Å². The van der Waals surface area contributed by atoms with E-state index in [9.17, 15) is 19.5 Å². The quantitative estimate of drug-likeness (QED) is 0.660. The Hall–Kier alpha value is -1.44. The SMILES string of the molecule is CSCCC(NC(N)=O)C(=O)N1CCCC(C)C1C(=O)O. The maximum atomic E-state index is 12.6. The summed E-state index contributed by atoms with van der Waals surface area (Å²) in [6, 6.07) is -2.37. The van der Waals surface area contributed by atoms with Gasteiger partial charge in [-0.15, -0.1) is 0 Å². The summed E-state index contributed by atoms with van der Waals surface area (Å²) < 4.78 is 0. The molecule has 1 aliphatic rings. The van der Waals surface area contributed by atoms with Gasteiger partial charge < -0.3 is 21.1 Å². The maximum absolute atomic E-state index is 12.6. The predicted octanol–water partition coefficient (Wildman–Crippen LogP) is 0.488. The van der Waals surface area contributed by atoms with Crippen molar-refractivity contribution < 1.29 is 19.5 Å². The Labute approximate surface area is 128 Å². The van der Waals surface area contributed by atoms with Crippen molar-refractivity contribution in [2.24, 2.45) is 11.7 Å². The molecule has 0 aromatic carbocycles. The van der Waals surface area contributed by atoms with Crippen LogP contribution in [0.4, 0.5) is 4.79 Å². The van der Waals surface area contributed by atoms with Gasteiger partial charge in [0.2, 0.25) is 5.91 Å². The van der Waals surface area contributed by atoms with E-state index in [-0.39, 0.29) is 11.8 Å². The molecule has 3 unspecified atom stereocenters. The minimum Gasteiger partial charge on any atom is -0.480 e. The topological polar surface area (TPSA) is 113 Å². The molecule has 3 amide bonds. The third-order valence-corrected chi connectivity index (χ3v) is 4.34. The van der Waals surface area contributed by atoms with Crippen molar-refractivity contribution in [1.82, 2.24) is 10.2 Å². The zero-order valence-corrected chi connectivity index (χ0v) is 13.2. The number of primary amides is 1. The number of hydrogen-bond donors (Lipinski definition) is 3. The molecule has 3 atom stereocenters. The van der Waals surface area contributed by atoms with Crippen LogP contribution in [-0.2, 0) is 9.59 Å². The molecule has 0 aliphatic carbocycles. The number of aliphatic carboxylic acids is 1. The monoisotopic (exact) mass is 317 g/mol. The van der Waals surface area contributed by atoms with Crippen LogP contribution in [0.5, 0.6) is 0 Å². The number of nitrogens with one attached hydrogen (secondary N) is 1. The second kappa shape index (κ2) is 8.11. The first-order chi connectivity index (χ1) is 9.88. The minimum atomic E-state index is -1.00. The van der Waals surface area contributed by atoms with Gasteiger partial charge >= 0.3 is 12.0 Å². The van der Waals surface area contributed by atoms with Gasteiger partial charge in [0, 0.05) is 6.54 Å². The number of thioether (sulfide) groups is 1. The van der Waals surface area contributed by atoms with Crippen molar-refractivity contribution >= 4 is 29.7 Å². The molecule has 120 valence electrons. The van der Waals surface area contributed by atoms with E-state index in [0.29, 0.717) is 18.7 Å². The van der Waals surface area contributed by atoms with Crippen molar-refractivity contribution in [3.8, 4) is 0 Å². The largest absolute Gasteiger partial charge is 0.480 e. The number of likely N-dealkylation sites (tertiary alicyclic amines) is 1. The van der Waals surface area contributed by atoms with Crippen LogP contribution >= 0.6 is 11.8 Å². The Morgan fingerprint density at radius 1 is 1.48 bits per heavy atom. The third kappa shape index (κ3) is 4.80. The van der Waals surface area contributed by atoms with Gasteiger partial charge in [0.05, 0.1) is 0 Å². The fourth-order valence-electron chi connectivity index (χ4n) is 2.68. The number of rotatable bonds is 6. The van der Waals surface area contributed by atoms with Gasteiger partial charge in [-0.1, -0.05) is 6.92 Å². The fraction of sp³-hybridized carbons (Fsp3) is 0.769. The third-order valence-electron chi connectivity index (χ3n) is 3.69. The van der Waals surface area contributed by atoms with Crippen LogP contribution < -0.4 is 11.1 Å². The van der Waals surface area contributed by atoms with Gasteiger partial charge in [-0.2, -0.15) is 11.8 Å². The highest BCUT2D eigenvalue weighted by atomic mass is 32.2. The highest BCUT2D eigenvalue weighted by Gasteiger charge is 2.39. The number of nitrogens with two attached hydrogens (primary N) is 1. The normalized spacial score (nSPS) is 23.4. The van der Waals surface area contributed by atoms with Gasteiger partial charge in [-0.05, 0) is 37.2 Å². The lowest BCUT2D eigenvalue weighted by Gasteiger charge is -2.39. The van der Waals surface area contributed by atoms with Gasteiger partial charge in [0.1, 0.15) is 12.1 Å². The molecule has 0 saturated carbocycles. The highest BCUT2D eigenvalue weighted by Crippen LogP contribution is 2.24. The Bertz CT molecular complexity index is 405. The maximum Gasteiger partial charge on any atom is 0.326 e. The number of hydrogen-bond acceptors (Lipinski definition) is 4. The zero-order chi connectivity index (χ0) is 16.0. The smallest absolute Gasteiger partial charge is 0.326 e. The molecule has 0 aromatic rings. The van der Waals surface area contributed by atoms with Crippen LogP contribution in [0.1, 0.15) is 26.2 Å². The highest BCUT2D eigenvalue weighted by molar-refractivity contribution is 7.98. The fourth-order valence-corrected chi connectivity index (χ4v) is 3.15. The number of carboxylic acid groups (broad SMARTS) is 1. The molecule has 1 rings (SSSR count). The van der Waals surface area contributed by atoms with E-state index in [1.165, 1.54) is 4.90 Å². The minimum absolute atomic E-state index is 0.102. The first kappa shape index (κ1) is 17.6. The summed E-state index contributed by atoms with van der Waals surface area (Å²) in [6.45, 7) is 2.23. The Balaban J connectivity index is 2.88. The van der Waals surface area contributed by atoms with E-state index in [1.807, 2.05) is 13.2 Å². The van der Waals surface area contributed by atoms with E-state index in [1.54, 1.807) is 11.8 Å². The van der Waals surface area contributed by atoms with Gasteiger partial charge in [-0.25, -0.2) is 9.59 Å². The molecule has 0 spiro atoms. The number of amides is 3. The van der Waals surface area contributed by atoms with Crippen molar-refractivity contribution in [3.05, 3.63) is 0 Å². The molecular formula is C13H23N3O4S. The van der Waals surface area contributed by atoms with Crippen LogP contribution in [-0.4, -0.2) is 58.6 Å². The molecule has 21 heavy (non-hydrogen) atoms. The Morgan fingerprint density at radius 2 is 2.14 bits per heavy atom. The van der Waals surface area contributed by atoms with E-state index >= 15 is 0 Å². The number of nitrogens with zero attached hydrogens (tertiary/aromatic N) is 1. The van der Waals surface area contributed by atoms with Gasteiger partial charge in [0.25, 0.3) is 0 Å². The lowest BCUT2D eigenvalue weighted by Crippen LogP contribution is -2.58. The standard InChI is InChI=1S/C13H23N3O4S/c1-8-4-3-6-16(10(8)12(18)19)11(17)9(5-7-21-2)15-13(14)20/h8-10H,3-7H2,1-2H3,(H,18,19)(H3,14,15,20). The molecule has 0 aromatic heterocycles. The van der Waals surface area contributed by atoms with Gasteiger partial charge in [0.15, 0.2) is 0 Å². The number of carboxylic acids is 1. The van der Waals surface area contributed by atoms with E-state index in [4.69, 9.17) is 5.73 Å². The van der Waals surface area contributed by atoms with Crippen LogP contribution in [0.15, 0.2) is 0 Å². The second-order valence-electron chi connectivity index (χ2n) is 5.28. The van der Waals surface area contributed by atoms with Crippen molar-refractivity contribution in [2.45, 2.75) is 38.3 Å². The molecule has 1 heterocycles. The second-order valence-corrected chi connectivity index (χ2v) is 6.26. The molecule has 8 heteroatoms. The lowest BCUT2D eigenvalue weighted by atomic mass is 9.90. The Morgan fingerprint density at radius 3 is 2.67 bits per heavy atom. The van der Waals surface area contributed by atoms with Crippen molar-refractivity contribution in [1.29, 1.82) is 0 Å². The van der Waals surface area contributed by atoms with Crippen LogP contribution in [0, 0.1) is 5.92 Å². The molecular weight excluding hydrogens is 294 g/mol. The summed E-state index contributed by atoms with van der Waals surface area (Å²) >= 11 is 1.55. The number of urea groups is 1. The zero-order valence-electron chi connectivity index (χ0n) is 12.4. The summed E-state index contributed by atoms with van der Waals surface area (Å²) in [6.07, 6.45) is 3.87. The van der Waals surface area contributed by atoms with Crippen LogP contribution in [0.2, 0.25) is 0 Å². The summed E-state index contributed by atoms with van der Waals surface area (Å²) in [7, 11) is 0. The van der Waals surface area contributed by atoms with Gasteiger partial charge in [-0.3, -0.25) is 4.79 Å². The number of carbonyl (C=O) groups excluding carboxylic acids is 2. The van der Waals surface area contributed by atoms with Crippen LogP contribution in [0.3, 0.4) is 0 Å². The van der Waals surface area contributed by atoms with Crippen molar-refractivity contribution in [2.75, 3.05) is 18.6 Å².